The van der Waals surface area contributed by atoms with E-state index >= 15 is 0 Å². The molecule has 0 bridgehead atoms. The van der Waals surface area contributed by atoms with Crippen LogP contribution in [-0.2, 0) is 17.3 Å². The van der Waals surface area contributed by atoms with Crippen LogP contribution in [0.15, 0.2) is 297 Å². The second-order valence-corrected chi connectivity index (χ2v) is 28.2. The highest BCUT2D eigenvalue weighted by Crippen LogP contribution is 2.52. The molecule has 99 heavy (non-hydrogen) atoms. The highest BCUT2D eigenvalue weighted by molar-refractivity contribution is 6.13. The molecule has 0 spiro atoms. The van der Waals surface area contributed by atoms with Crippen LogP contribution in [0.4, 0.5) is 0 Å². The minimum atomic E-state index is -0.146. The molecule has 0 N–H and O–H groups in total. The minimum Gasteiger partial charge on any atom is -0.313 e. The zero-order valence-electron chi connectivity index (χ0n) is 55.5. The number of rotatable bonds is 9. The molecular formula is C93H66N6. The zero-order chi connectivity index (χ0) is 65.8. The van der Waals surface area contributed by atoms with Crippen LogP contribution in [0.3, 0.4) is 0 Å². The third kappa shape index (κ3) is 8.78. The van der Waals surface area contributed by atoms with Crippen molar-refractivity contribution in [1.29, 1.82) is 0 Å². The highest BCUT2D eigenvalue weighted by atomic mass is 15.2. The predicted octanol–water partition coefficient (Wildman–Crippen LogP) is 23.6. The molecule has 3 aliphatic carbocycles. The fourth-order valence-corrected chi connectivity index (χ4v) is 17.0. The van der Waals surface area contributed by atoms with Crippen molar-refractivity contribution >= 4 is 60.6 Å². The molecule has 4 heterocycles. The van der Waals surface area contributed by atoms with Crippen LogP contribution in [0, 0.1) is 0 Å². The Balaban J connectivity index is 0.792. The summed E-state index contributed by atoms with van der Waals surface area (Å²) in [6.45, 7) is 9.48. The minimum absolute atomic E-state index is 0.130. The van der Waals surface area contributed by atoms with E-state index in [1.807, 2.05) is 0 Å². The highest BCUT2D eigenvalue weighted by Gasteiger charge is 2.37. The van der Waals surface area contributed by atoms with Gasteiger partial charge in [0.2, 0.25) is 5.95 Å². The van der Waals surface area contributed by atoms with Gasteiger partial charge in [0.25, 0.3) is 0 Å². The Morgan fingerprint density at radius 2 is 0.667 bits per heavy atom. The van der Waals surface area contributed by atoms with Gasteiger partial charge in [-0.05, 0) is 156 Å². The van der Waals surface area contributed by atoms with Gasteiger partial charge in [0.1, 0.15) is 0 Å². The van der Waals surface area contributed by atoms with Crippen molar-refractivity contribution in [3.8, 4) is 107 Å². The third-order valence-electron chi connectivity index (χ3n) is 22.0. The molecule has 0 aliphatic heterocycles. The van der Waals surface area contributed by atoms with Crippen LogP contribution in [-0.4, -0.2) is 28.7 Å². The monoisotopic (exact) mass is 1270 g/mol. The summed E-state index contributed by atoms with van der Waals surface area (Å²) >= 11 is 0. The lowest BCUT2D eigenvalue weighted by molar-refractivity contribution is 0.659. The topological polar surface area (TPSA) is 53.5 Å². The van der Waals surface area contributed by atoms with Crippen LogP contribution in [0.2, 0.25) is 0 Å². The van der Waals surface area contributed by atoms with E-state index < -0.39 is 0 Å². The first kappa shape index (κ1) is 57.0. The first-order valence-corrected chi connectivity index (χ1v) is 34.6. The Morgan fingerprint density at radius 1 is 0.283 bits per heavy atom. The van der Waals surface area contributed by atoms with Gasteiger partial charge in [-0.3, -0.25) is 4.57 Å². The Morgan fingerprint density at radius 3 is 1.18 bits per heavy atom. The maximum absolute atomic E-state index is 5.60. The lowest BCUT2D eigenvalue weighted by Crippen LogP contribution is -2.15. The zero-order valence-corrected chi connectivity index (χ0v) is 55.5. The van der Waals surface area contributed by atoms with Gasteiger partial charge in [-0.15, -0.1) is 0 Å². The summed E-state index contributed by atoms with van der Waals surface area (Å²) in [4.78, 5) is 16.6. The van der Waals surface area contributed by atoms with E-state index in [4.69, 9.17) is 15.0 Å². The molecule has 0 fully saturated rings. The van der Waals surface area contributed by atoms with E-state index in [-0.39, 0.29) is 10.8 Å². The number of allylic oxidation sites excluding steroid dienone is 1. The van der Waals surface area contributed by atoms with Crippen molar-refractivity contribution in [3.63, 3.8) is 0 Å². The lowest BCUT2D eigenvalue weighted by Gasteiger charge is -2.22. The number of hydrogen-bond donors (Lipinski definition) is 0. The van der Waals surface area contributed by atoms with Crippen molar-refractivity contribution in [1.82, 2.24) is 28.7 Å². The molecule has 0 amide bonds. The number of hydrogen-bond acceptors (Lipinski definition) is 3. The van der Waals surface area contributed by atoms with E-state index in [9.17, 15) is 0 Å². The molecule has 0 atom stereocenters. The summed E-state index contributed by atoms with van der Waals surface area (Å²) in [5.41, 5.74) is 31.8. The van der Waals surface area contributed by atoms with E-state index in [0.717, 1.165) is 101 Å². The van der Waals surface area contributed by atoms with Gasteiger partial charge in [-0.25, -0.2) is 4.98 Å². The second kappa shape index (κ2) is 21.6. The van der Waals surface area contributed by atoms with Gasteiger partial charge < -0.3 is 9.13 Å². The molecule has 468 valence electrons. The molecule has 0 unspecified atom stereocenters. The van der Waals surface area contributed by atoms with Crippen molar-refractivity contribution in [3.05, 3.63) is 331 Å². The van der Waals surface area contributed by atoms with E-state index in [1.54, 1.807) is 0 Å². The third-order valence-corrected chi connectivity index (χ3v) is 22.0. The Bertz CT molecular complexity index is 6150. The molecular weight excluding hydrogens is 1200 g/mol. The number of benzene rings is 13. The van der Waals surface area contributed by atoms with Crippen molar-refractivity contribution in [2.75, 3.05) is 0 Å². The standard InChI is InChI=1S/C93H66N6/c1-92(2)79-27-15-11-23-69(79)71-49-43-67(55-81(71)92)97-83-29-17-13-25-73(83)75-45-39-63(51-85(75)97)65-41-47-77-78-48-42-66(64-40-46-76-74-26-14-18-30-84(74)98(86(76)52-64)68-44-50-72-70-24-12-16-28-80(70)93(3,4)82(72)56-68)54-88(78)99(87(77)53-65)91-95-89(61-35-31-59(32-36-61)57-19-7-5-8-20-57)94-90(96-91)62-37-33-60(34-38-62)58-21-9-6-10-22-58/h5-17,19-29,31-56H,18,30H2,1-4H3. The lowest BCUT2D eigenvalue weighted by atomic mass is 9.82. The van der Waals surface area contributed by atoms with Crippen LogP contribution in [0.25, 0.3) is 167 Å². The molecule has 17 aromatic rings. The maximum Gasteiger partial charge on any atom is 0.238 e. The number of aromatic nitrogens is 6. The Labute approximate surface area is 574 Å². The van der Waals surface area contributed by atoms with Crippen LogP contribution < -0.4 is 0 Å². The molecule has 0 saturated heterocycles. The fourth-order valence-electron chi connectivity index (χ4n) is 17.0. The summed E-state index contributed by atoms with van der Waals surface area (Å²) in [5.74, 6) is 1.71. The predicted molar refractivity (Wildman–Crippen MR) is 410 cm³/mol. The van der Waals surface area contributed by atoms with Gasteiger partial charge in [0.05, 0.1) is 27.6 Å². The van der Waals surface area contributed by atoms with E-state index in [1.165, 1.54) is 88.6 Å². The van der Waals surface area contributed by atoms with Crippen LogP contribution >= 0.6 is 0 Å². The van der Waals surface area contributed by atoms with Gasteiger partial charge in [-0.2, -0.15) is 9.97 Å². The second-order valence-electron chi connectivity index (χ2n) is 28.2. The van der Waals surface area contributed by atoms with Crippen molar-refractivity contribution in [2.45, 2.75) is 51.4 Å². The van der Waals surface area contributed by atoms with Crippen LogP contribution in [0.1, 0.15) is 67.6 Å². The molecule has 4 aromatic heterocycles. The molecule has 3 aliphatic rings. The summed E-state index contributed by atoms with van der Waals surface area (Å²) < 4.78 is 7.34. The summed E-state index contributed by atoms with van der Waals surface area (Å²) in [7, 11) is 0. The molecule has 20 rings (SSSR count). The summed E-state index contributed by atoms with van der Waals surface area (Å²) in [6, 6.07) is 107. The Hall–Kier alpha value is -12.3. The largest absolute Gasteiger partial charge is 0.313 e. The molecule has 6 heteroatoms. The van der Waals surface area contributed by atoms with Gasteiger partial charge in [0.15, 0.2) is 11.6 Å². The van der Waals surface area contributed by atoms with Gasteiger partial charge in [0, 0.05) is 71.5 Å². The first-order valence-electron chi connectivity index (χ1n) is 34.6. The van der Waals surface area contributed by atoms with Crippen LogP contribution in [0.5, 0.6) is 0 Å². The maximum atomic E-state index is 5.60. The van der Waals surface area contributed by atoms with Crippen molar-refractivity contribution < 1.29 is 0 Å². The van der Waals surface area contributed by atoms with Gasteiger partial charge >= 0.3 is 0 Å². The average Bonchev–Trinajstić information content (AvgIpc) is 1.59. The molecule has 0 radical (unpaired) electrons. The fraction of sp³-hybridized carbons (Fsp3) is 0.0860. The molecule has 0 saturated carbocycles. The average molecular weight is 1270 g/mol. The number of fused-ring (bicyclic) bond motifs is 15. The van der Waals surface area contributed by atoms with E-state index in [2.05, 4.69) is 345 Å². The number of para-hydroxylation sites is 1. The molecule has 13 aromatic carbocycles. The Kier molecular flexibility index (Phi) is 12.5. The smallest absolute Gasteiger partial charge is 0.238 e. The van der Waals surface area contributed by atoms with E-state index in [0.29, 0.717) is 17.6 Å². The van der Waals surface area contributed by atoms with Crippen molar-refractivity contribution in [2.24, 2.45) is 0 Å². The number of nitrogens with zero attached hydrogens (tertiary/aromatic N) is 6. The molecule has 6 nitrogen and oxygen atoms in total. The SMILES string of the molecule is CC1(C)c2ccccc2-c2ccc(-n3c4c(c5ccc(-c6ccc7c8ccc(-c9ccc%10c%11ccccc%11n(-c%11ccc%12c(c%11)C(C)(C)c%11ccccc%11-%12)c%10c9)cc8n(-c8nc(-c9ccc(-c%10ccccc%10)cc9)nc(-c9ccc(-c%10ccccc%10)cc9)n8)c7c6)cc53)C=CCC4)cc21. The summed E-state index contributed by atoms with van der Waals surface area (Å²) in [6.07, 6.45) is 6.66. The summed E-state index contributed by atoms with van der Waals surface area (Å²) in [5, 5.41) is 5.90. The normalized spacial score (nSPS) is 13.9. The quantitative estimate of drug-likeness (QED) is 0.145. The van der Waals surface area contributed by atoms with Gasteiger partial charge in [-0.1, -0.05) is 276 Å². The first-order chi connectivity index (χ1) is 48.6.